The Balaban J connectivity index is 1.49. The number of carbonyl (C=O) groups is 1. The van der Waals surface area contributed by atoms with Crippen molar-refractivity contribution in [3.8, 4) is 17.2 Å². The zero-order chi connectivity index (χ0) is 20.4. The molecule has 1 aliphatic rings. The van der Waals surface area contributed by atoms with Crippen LogP contribution in [0.3, 0.4) is 0 Å². The van der Waals surface area contributed by atoms with Crippen molar-refractivity contribution in [2.45, 2.75) is 32.0 Å². The Kier molecular flexibility index (Phi) is 5.16. The molecular weight excluding hydrogens is 377 g/mol. The van der Waals surface area contributed by atoms with Gasteiger partial charge in [0.2, 0.25) is 11.8 Å². The van der Waals surface area contributed by atoms with Gasteiger partial charge in [-0.15, -0.1) is 5.10 Å². The highest BCUT2D eigenvalue weighted by Crippen LogP contribution is 2.29. The van der Waals surface area contributed by atoms with Gasteiger partial charge < -0.3 is 14.1 Å². The van der Waals surface area contributed by atoms with Crippen LogP contribution in [0.5, 0.6) is 5.75 Å². The predicted octanol–water partition coefficient (Wildman–Crippen LogP) is 2.84. The molecule has 0 unspecified atom stereocenters. The molecule has 150 valence electrons. The lowest BCUT2D eigenvalue weighted by atomic mass is 10.2. The predicted molar refractivity (Wildman–Crippen MR) is 103 cm³/mol. The van der Waals surface area contributed by atoms with Crippen molar-refractivity contribution in [2.75, 3.05) is 7.11 Å². The monoisotopic (exact) mass is 397 g/mol. The normalized spacial score (nSPS) is 13.3. The van der Waals surface area contributed by atoms with Crippen LogP contribution in [-0.4, -0.2) is 33.7 Å². The molecule has 0 radical (unpaired) electrons. The summed E-state index contributed by atoms with van der Waals surface area (Å²) in [5.74, 6) is -0.525. The lowest BCUT2D eigenvalue weighted by molar-refractivity contribution is -0.133. The Morgan fingerprint density at radius 2 is 1.90 bits per heavy atom. The number of methoxy groups -OCH3 is 1. The van der Waals surface area contributed by atoms with Crippen LogP contribution in [0, 0.1) is 5.82 Å². The third-order valence-corrected chi connectivity index (χ3v) is 4.80. The van der Waals surface area contributed by atoms with E-state index < -0.39 is 11.6 Å². The summed E-state index contributed by atoms with van der Waals surface area (Å²) in [6.07, 6.45) is 1.88. The number of nitrogens with zero attached hydrogens (tertiary/aromatic N) is 3. The minimum atomic E-state index is -0.724. The average molecular weight is 397 g/mol. The van der Waals surface area contributed by atoms with Gasteiger partial charge in [0.05, 0.1) is 7.11 Å². The molecule has 8 heteroatoms. The molecule has 29 heavy (non-hydrogen) atoms. The summed E-state index contributed by atoms with van der Waals surface area (Å²) in [4.78, 5) is 26.8. The molecule has 0 spiro atoms. The summed E-state index contributed by atoms with van der Waals surface area (Å²) < 4.78 is 24.4. The van der Waals surface area contributed by atoms with Crippen molar-refractivity contribution in [2.24, 2.45) is 0 Å². The highest BCUT2D eigenvalue weighted by Gasteiger charge is 2.33. The summed E-state index contributed by atoms with van der Waals surface area (Å²) in [7, 11) is 1.60. The van der Waals surface area contributed by atoms with Gasteiger partial charge in [-0.05, 0) is 54.8 Å². The zero-order valence-electron chi connectivity index (χ0n) is 15.9. The standard InChI is InChI=1S/C21H20FN3O4/c1-28-18-10-2-14(3-11-18)12-24(17-8-9-17)19(26)13-25-21(27)29-20(23-25)15-4-6-16(22)7-5-15/h2-7,10-11,17H,8-9,12-13H2,1H3. The first kappa shape index (κ1) is 18.9. The van der Waals surface area contributed by atoms with Crippen LogP contribution in [0.1, 0.15) is 18.4 Å². The van der Waals surface area contributed by atoms with Crippen LogP contribution in [0.15, 0.2) is 57.7 Å². The largest absolute Gasteiger partial charge is 0.497 e. The number of hydrogen-bond acceptors (Lipinski definition) is 5. The number of hydrogen-bond donors (Lipinski definition) is 0. The molecule has 7 nitrogen and oxygen atoms in total. The van der Waals surface area contributed by atoms with Gasteiger partial charge >= 0.3 is 5.76 Å². The molecular formula is C21H20FN3O4. The van der Waals surface area contributed by atoms with E-state index in [1.807, 2.05) is 24.3 Å². The van der Waals surface area contributed by atoms with Crippen molar-refractivity contribution < 1.29 is 18.3 Å². The number of amides is 1. The van der Waals surface area contributed by atoms with Crippen LogP contribution >= 0.6 is 0 Å². The van der Waals surface area contributed by atoms with E-state index in [0.29, 0.717) is 12.1 Å². The maximum Gasteiger partial charge on any atom is 0.437 e. The Bertz CT molecular complexity index is 1050. The molecule has 3 aromatic rings. The highest BCUT2D eigenvalue weighted by atomic mass is 19.1. The summed E-state index contributed by atoms with van der Waals surface area (Å²) in [6, 6.07) is 13.1. The molecule has 1 aromatic heterocycles. The Morgan fingerprint density at radius 1 is 1.21 bits per heavy atom. The van der Waals surface area contributed by atoms with E-state index in [2.05, 4.69) is 5.10 Å². The number of aromatic nitrogens is 2. The fourth-order valence-corrected chi connectivity index (χ4v) is 3.07. The first-order valence-corrected chi connectivity index (χ1v) is 9.30. The van der Waals surface area contributed by atoms with Crippen LogP contribution in [0.4, 0.5) is 4.39 Å². The van der Waals surface area contributed by atoms with Crippen molar-refractivity contribution in [1.29, 1.82) is 0 Å². The fourth-order valence-electron chi connectivity index (χ4n) is 3.07. The van der Waals surface area contributed by atoms with E-state index in [1.54, 1.807) is 12.0 Å². The van der Waals surface area contributed by atoms with Crippen molar-refractivity contribution >= 4 is 5.91 Å². The van der Waals surface area contributed by atoms with Gasteiger partial charge in [-0.25, -0.2) is 9.18 Å². The maximum atomic E-state index is 13.1. The molecule has 2 aromatic carbocycles. The van der Waals surface area contributed by atoms with Crippen molar-refractivity contribution in [1.82, 2.24) is 14.7 Å². The number of carbonyl (C=O) groups excluding carboxylic acids is 1. The van der Waals surface area contributed by atoms with Crippen molar-refractivity contribution in [3.63, 3.8) is 0 Å². The molecule has 1 fully saturated rings. The summed E-state index contributed by atoms with van der Waals surface area (Å²) >= 11 is 0. The zero-order valence-corrected chi connectivity index (χ0v) is 15.9. The second-order valence-corrected chi connectivity index (χ2v) is 6.94. The summed E-state index contributed by atoms with van der Waals surface area (Å²) in [5, 5.41) is 4.09. The first-order chi connectivity index (χ1) is 14.0. The van der Waals surface area contributed by atoms with Crippen LogP contribution in [-0.2, 0) is 17.9 Å². The Morgan fingerprint density at radius 3 is 2.52 bits per heavy atom. The number of benzene rings is 2. The molecule has 0 saturated heterocycles. The molecule has 1 amide bonds. The molecule has 0 aliphatic heterocycles. The van der Waals surface area contributed by atoms with Gasteiger partial charge in [0, 0.05) is 18.2 Å². The number of ether oxygens (including phenoxy) is 1. The van der Waals surface area contributed by atoms with Gasteiger partial charge in [-0.3, -0.25) is 4.79 Å². The van der Waals surface area contributed by atoms with E-state index in [1.165, 1.54) is 24.3 Å². The maximum absolute atomic E-state index is 13.1. The smallest absolute Gasteiger partial charge is 0.437 e. The average Bonchev–Trinajstić information content (AvgIpc) is 3.50. The van der Waals surface area contributed by atoms with Gasteiger partial charge in [-0.2, -0.15) is 4.68 Å². The van der Waals surface area contributed by atoms with Gasteiger partial charge in [0.1, 0.15) is 18.1 Å². The topological polar surface area (TPSA) is 77.6 Å². The Labute approximate surface area is 166 Å². The third-order valence-electron chi connectivity index (χ3n) is 4.80. The quantitative estimate of drug-likeness (QED) is 0.613. The molecule has 4 rings (SSSR count). The van der Waals surface area contributed by atoms with E-state index in [0.717, 1.165) is 28.8 Å². The molecule has 1 aliphatic carbocycles. The van der Waals surface area contributed by atoms with Gasteiger partial charge in [-0.1, -0.05) is 12.1 Å². The fraction of sp³-hybridized carbons (Fsp3) is 0.286. The SMILES string of the molecule is COc1ccc(CN(C(=O)Cn2nc(-c3ccc(F)cc3)oc2=O)C2CC2)cc1. The van der Waals surface area contributed by atoms with E-state index >= 15 is 0 Å². The Hall–Kier alpha value is -3.42. The minimum Gasteiger partial charge on any atom is -0.497 e. The van der Waals surface area contributed by atoms with Crippen molar-refractivity contribution in [3.05, 3.63) is 70.5 Å². The van der Waals surface area contributed by atoms with Crippen LogP contribution in [0.25, 0.3) is 11.5 Å². The first-order valence-electron chi connectivity index (χ1n) is 9.30. The second kappa shape index (κ2) is 7.90. The van der Waals surface area contributed by atoms with Gasteiger partial charge in [0.25, 0.3) is 0 Å². The lowest BCUT2D eigenvalue weighted by Crippen LogP contribution is -2.37. The number of halogens is 1. The molecule has 0 N–H and O–H groups in total. The summed E-state index contributed by atoms with van der Waals surface area (Å²) in [6.45, 7) is 0.237. The van der Waals surface area contributed by atoms with Crippen LogP contribution in [0.2, 0.25) is 0 Å². The lowest BCUT2D eigenvalue weighted by Gasteiger charge is -2.22. The summed E-state index contributed by atoms with van der Waals surface area (Å²) in [5.41, 5.74) is 1.44. The number of rotatable bonds is 7. The highest BCUT2D eigenvalue weighted by molar-refractivity contribution is 5.76. The molecule has 1 saturated carbocycles. The third kappa shape index (κ3) is 4.37. The van der Waals surface area contributed by atoms with E-state index in [9.17, 15) is 14.0 Å². The van der Waals surface area contributed by atoms with Crippen LogP contribution < -0.4 is 10.5 Å². The minimum absolute atomic E-state index is 0.0518. The van der Waals surface area contributed by atoms with Gasteiger partial charge in [0.15, 0.2) is 0 Å². The second-order valence-electron chi connectivity index (χ2n) is 6.94. The molecule has 0 atom stereocenters. The van der Waals surface area contributed by atoms with E-state index in [4.69, 9.17) is 9.15 Å². The molecule has 0 bridgehead atoms. The van der Waals surface area contributed by atoms with E-state index in [-0.39, 0.29) is 24.4 Å². The molecule has 1 heterocycles.